The minimum Gasteiger partial charge on any atom is -0.423 e. The first-order valence-corrected chi connectivity index (χ1v) is 6.85. The fraction of sp³-hybridized carbons (Fsp3) is 0.333. The van der Waals surface area contributed by atoms with Gasteiger partial charge in [-0.1, -0.05) is 6.58 Å². The van der Waals surface area contributed by atoms with E-state index in [1.165, 1.54) is 25.3 Å². The number of aromatic nitrogens is 1. The summed E-state index contributed by atoms with van der Waals surface area (Å²) in [5.41, 5.74) is 2.19. The van der Waals surface area contributed by atoms with Gasteiger partial charge in [0.25, 0.3) is 6.01 Å². The molecular weight excluding hydrogens is 254 g/mol. The maximum Gasteiger partial charge on any atom is 0.298 e. The van der Waals surface area contributed by atoms with Gasteiger partial charge in [-0.05, 0) is 43.5 Å². The second kappa shape index (κ2) is 5.36. The molecule has 5 heteroatoms. The average Bonchev–Trinajstić information content (AvgIpc) is 2.91. The maximum atomic E-state index is 11.3. The van der Waals surface area contributed by atoms with Crippen molar-refractivity contribution in [3.05, 3.63) is 30.9 Å². The third-order valence-corrected chi connectivity index (χ3v) is 3.46. The van der Waals surface area contributed by atoms with E-state index in [9.17, 15) is 4.79 Å². The van der Waals surface area contributed by atoms with Gasteiger partial charge in [0.15, 0.2) is 5.58 Å². The molecule has 5 nitrogen and oxygen atoms in total. The lowest BCUT2D eigenvalue weighted by Gasteiger charge is -2.24. The van der Waals surface area contributed by atoms with Crippen molar-refractivity contribution in [3.8, 4) is 0 Å². The summed E-state index contributed by atoms with van der Waals surface area (Å²) in [7, 11) is 0. The summed E-state index contributed by atoms with van der Waals surface area (Å²) in [5, 5.41) is 2.72. The Morgan fingerprint density at radius 1 is 1.35 bits per heavy atom. The molecule has 0 bridgehead atoms. The van der Waals surface area contributed by atoms with E-state index < -0.39 is 0 Å². The maximum absolute atomic E-state index is 11.3. The van der Waals surface area contributed by atoms with Gasteiger partial charge in [0, 0.05) is 18.8 Å². The minimum atomic E-state index is -0.232. The fourth-order valence-corrected chi connectivity index (χ4v) is 2.41. The normalized spacial score (nSPS) is 15.3. The first-order chi connectivity index (χ1) is 9.76. The molecule has 2 heterocycles. The molecule has 0 saturated carbocycles. The van der Waals surface area contributed by atoms with Crippen LogP contribution in [0.1, 0.15) is 19.3 Å². The number of carbonyl (C=O) groups excluding carboxylic acids is 1. The number of anilines is 2. The summed E-state index contributed by atoms with van der Waals surface area (Å²) in [6, 6.07) is 6.11. The summed E-state index contributed by atoms with van der Waals surface area (Å²) in [4.78, 5) is 18.0. The largest absolute Gasteiger partial charge is 0.423 e. The molecule has 0 radical (unpaired) electrons. The predicted octanol–water partition coefficient (Wildman–Crippen LogP) is 2.94. The number of carbonyl (C=O) groups is 1. The van der Waals surface area contributed by atoms with Crippen molar-refractivity contribution in [3.63, 3.8) is 0 Å². The monoisotopic (exact) mass is 271 g/mol. The van der Waals surface area contributed by atoms with E-state index in [1.54, 1.807) is 6.07 Å². The molecule has 0 spiro atoms. The van der Waals surface area contributed by atoms with E-state index in [4.69, 9.17) is 4.42 Å². The van der Waals surface area contributed by atoms with Crippen LogP contribution in [0.2, 0.25) is 0 Å². The first-order valence-electron chi connectivity index (χ1n) is 6.85. The lowest BCUT2D eigenvalue weighted by Crippen LogP contribution is -2.29. The third kappa shape index (κ3) is 2.52. The number of amides is 1. The van der Waals surface area contributed by atoms with E-state index >= 15 is 0 Å². The molecule has 0 unspecified atom stereocenters. The van der Waals surface area contributed by atoms with Gasteiger partial charge in [0.2, 0.25) is 5.91 Å². The fourth-order valence-electron chi connectivity index (χ4n) is 2.41. The van der Waals surface area contributed by atoms with Gasteiger partial charge in [-0.3, -0.25) is 4.79 Å². The van der Waals surface area contributed by atoms with Crippen LogP contribution in [0.3, 0.4) is 0 Å². The van der Waals surface area contributed by atoms with Gasteiger partial charge in [0.1, 0.15) is 5.52 Å². The van der Waals surface area contributed by atoms with E-state index in [0.717, 1.165) is 24.2 Å². The molecule has 1 amide bonds. The second-order valence-corrected chi connectivity index (χ2v) is 4.92. The van der Waals surface area contributed by atoms with Crippen molar-refractivity contribution in [1.82, 2.24) is 4.98 Å². The van der Waals surface area contributed by atoms with Crippen LogP contribution < -0.4 is 10.2 Å². The number of hydrogen-bond acceptors (Lipinski definition) is 4. The molecule has 3 rings (SSSR count). The van der Waals surface area contributed by atoms with Crippen molar-refractivity contribution >= 4 is 28.7 Å². The summed E-state index contributed by atoms with van der Waals surface area (Å²) in [6.07, 6.45) is 4.87. The molecule has 1 aromatic carbocycles. The van der Waals surface area contributed by atoms with Crippen molar-refractivity contribution in [2.75, 3.05) is 23.3 Å². The highest BCUT2D eigenvalue weighted by molar-refractivity contribution is 5.99. The molecule has 1 aromatic heterocycles. The summed E-state index contributed by atoms with van der Waals surface area (Å²) in [5.74, 6) is -0.232. The number of fused-ring (bicyclic) bond motifs is 1. The Hall–Kier alpha value is -2.30. The van der Waals surface area contributed by atoms with E-state index in [1.807, 2.05) is 12.1 Å². The van der Waals surface area contributed by atoms with Gasteiger partial charge in [-0.15, -0.1) is 0 Å². The van der Waals surface area contributed by atoms with Crippen LogP contribution in [0.15, 0.2) is 35.3 Å². The molecular formula is C15H17N3O2. The van der Waals surface area contributed by atoms with Gasteiger partial charge in [-0.2, -0.15) is 4.98 Å². The molecule has 1 saturated heterocycles. The molecule has 0 aliphatic carbocycles. The highest BCUT2D eigenvalue weighted by atomic mass is 16.4. The van der Waals surface area contributed by atoms with Crippen LogP contribution in [0, 0.1) is 0 Å². The Balaban J connectivity index is 1.86. The van der Waals surface area contributed by atoms with Gasteiger partial charge >= 0.3 is 0 Å². The Morgan fingerprint density at radius 2 is 2.15 bits per heavy atom. The van der Waals surface area contributed by atoms with Gasteiger partial charge in [0.05, 0.1) is 0 Å². The van der Waals surface area contributed by atoms with Gasteiger partial charge < -0.3 is 14.6 Å². The average molecular weight is 271 g/mol. The van der Waals surface area contributed by atoms with E-state index in [0.29, 0.717) is 11.7 Å². The lowest BCUT2D eigenvalue weighted by molar-refractivity contribution is -0.111. The Bertz CT molecular complexity index is 642. The summed E-state index contributed by atoms with van der Waals surface area (Å²) < 4.78 is 5.78. The second-order valence-electron chi connectivity index (χ2n) is 4.92. The van der Waals surface area contributed by atoms with Gasteiger partial charge in [-0.25, -0.2) is 0 Å². The molecule has 2 aromatic rings. The standard InChI is InChI=1S/C15H17N3O2/c1-2-14(19)16-11-6-7-13-12(10-11)17-15(20-13)18-8-4-3-5-9-18/h2,6-7,10H,1,3-5,8-9H2,(H,16,19). The molecule has 1 aliphatic heterocycles. The van der Waals surface area contributed by atoms with E-state index in [-0.39, 0.29) is 5.91 Å². The van der Waals surface area contributed by atoms with Crippen LogP contribution in [-0.4, -0.2) is 24.0 Å². The third-order valence-electron chi connectivity index (χ3n) is 3.46. The van der Waals surface area contributed by atoms with Crippen molar-refractivity contribution in [1.29, 1.82) is 0 Å². The number of oxazole rings is 1. The minimum absolute atomic E-state index is 0.232. The van der Waals surface area contributed by atoms with Crippen LogP contribution >= 0.6 is 0 Å². The zero-order chi connectivity index (χ0) is 13.9. The van der Waals surface area contributed by atoms with Crippen molar-refractivity contribution < 1.29 is 9.21 Å². The Morgan fingerprint density at radius 3 is 2.90 bits per heavy atom. The van der Waals surface area contributed by atoms with Crippen LogP contribution in [0.25, 0.3) is 11.1 Å². The van der Waals surface area contributed by atoms with E-state index in [2.05, 4.69) is 21.8 Å². The van der Waals surface area contributed by atoms with Crippen molar-refractivity contribution in [2.24, 2.45) is 0 Å². The van der Waals surface area contributed by atoms with Crippen LogP contribution in [-0.2, 0) is 4.79 Å². The number of nitrogens with zero attached hydrogens (tertiary/aromatic N) is 2. The molecule has 1 aliphatic rings. The van der Waals surface area contributed by atoms with Crippen LogP contribution in [0.5, 0.6) is 0 Å². The first kappa shape index (κ1) is 12.7. The molecule has 1 fully saturated rings. The smallest absolute Gasteiger partial charge is 0.298 e. The lowest BCUT2D eigenvalue weighted by atomic mass is 10.1. The Labute approximate surface area is 117 Å². The number of hydrogen-bond donors (Lipinski definition) is 1. The van der Waals surface area contributed by atoms with Crippen LogP contribution in [0.4, 0.5) is 11.7 Å². The number of piperidine rings is 1. The topological polar surface area (TPSA) is 58.4 Å². The summed E-state index contributed by atoms with van der Waals surface area (Å²) >= 11 is 0. The predicted molar refractivity (Wildman–Crippen MR) is 78.9 cm³/mol. The number of benzene rings is 1. The zero-order valence-electron chi connectivity index (χ0n) is 11.3. The molecule has 20 heavy (non-hydrogen) atoms. The quantitative estimate of drug-likeness (QED) is 0.872. The molecule has 1 N–H and O–H groups in total. The number of nitrogens with one attached hydrogen (secondary N) is 1. The summed E-state index contributed by atoms with van der Waals surface area (Å²) in [6.45, 7) is 5.42. The zero-order valence-corrected chi connectivity index (χ0v) is 11.3. The number of rotatable bonds is 3. The SMILES string of the molecule is C=CC(=O)Nc1ccc2oc(N3CCCCC3)nc2c1. The molecule has 104 valence electrons. The highest BCUT2D eigenvalue weighted by Gasteiger charge is 2.16. The highest BCUT2D eigenvalue weighted by Crippen LogP contribution is 2.26. The van der Waals surface area contributed by atoms with Crippen molar-refractivity contribution in [2.45, 2.75) is 19.3 Å². The molecule has 0 atom stereocenters. The Kier molecular flexibility index (Phi) is 3.41.